The van der Waals surface area contributed by atoms with E-state index >= 15 is 0 Å². The molecule has 2 heterocycles. The number of rotatable bonds is 0. The first kappa shape index (κ1) is 9.46. The van der Waals surface area contributed by atoms with Gasteiger partial charge in [-0.3, -0.25) is 4.90 Å². The number of carbonyl (C=O) groups excluding carboxylic acids is 1. The standard InChI is InChI=1S/C11H17NO3/c1-11(2,3)15-10(14)12-6-4-5-7(8(5)12)9(6)13/h5-9,13H,4H2,1-3H3/t5?,6-,7?,8+,9-/m1/s1. The summed E-state index contributed by atoms with van der Waals surface area (Å²) in [5.74, 6) is 0.903. The molecule has 2 unspecified atom stereocenters. The van der Waals surface area contributed by atoms with E-state index in [0.29, 0.717) is 11.8 Å². The van der Waals surface area contributed by atoms with E-state index in [9.17, 15) is 9.90 Å². The Balaban J connectivity index is 1.73. The molecule has 4 rings (SSSR count). The van der Waals surface area contributed by atoms with Gasteiger partial charge in [0.1, 0.15) is 5.60 Å². The lowest BCUT2D eigenvalue weighted by Crippen LogP contribution is -2.41. The van der Waals surface area contributed by atoms with Gasteiger partial charge in [0.05, 0.1) is 12.1 Å². The maximum Gasteiger partial charge on any atom is 0.410 e. The summed E-state index contributed by atoms with van der Waals surface area (Å²) in [6, 6.07) is 0.305. The second-order valence-electron chi connectivity index (χ2n) is 5.91. The Labute approximate surface area is 89.2 Å². The number of carbonyl (C=O) groups is 1. The molecule has 0 aromatic carbocycles. The monoisotopic (exact) mass is 211 g/mol. The van der Waals surface area contributed by atoms with E-state index in [-0.39, 0.29) is 24.3 Å². The third kappa shape index (κ3) is 1.14. The summed E-state index contributed by atoms with van der Waals surface area (Å²) in [5.41, 5.74) is -0.445. The smallest absolute Gasteiger partial charge is 0.410 e. The molecule has 4 aliphatic rings. The molecule has 0 radical (unpaired) electrons. The van der Waals surface area contributed by atoms with E-state index in [1.54, 1.807) is 4.90 Å². The van der Waals surface area contributed by atoms with Gasteiger partial charge >= 0.3 is 6.09 Å². The summed E-state index contributed by atoms with van der Waals surface area (Å²) >= 11 is 0. The number of aliphatic hydroxyl groups is 1. The van der Waals surface area contributed by atoms with Gasteiger partial charge in [-0.2, -0.15) is 0 Å². The Kier molecular flexibility index (Phi) is 1.57. The fourth-order valence-electron chi connectivity index (χ4n) is 3.27. The Bertz CT molecular complexity index is 322. The van der Waals surface area contributed by atoms with Crippen LogP contribution in [0.25, 0.3) is 0 Å². The predicted molar refractivity (Wildman–Crippen MR) is 53.3 cm³/mol. The second-order valence-corrected chi connectivity index (χ2v) is 5.91. The van der Waals surface area contributed by atoms with Gasteiger partial charge in [-0.05, 0) is 33.1 Å². The zero-order valence-corrected chi connectivity index (χ0v) is 9.30. The summed E-state index contributed by atoms with van der Waals surface area (Å²) < 4.78 is 5.34. The summed E-state index contributed by atoms with van der Waals surface area (Å²) in [4.78, 5) is 13.6. The van der Waals surface area contributed by atoms with Crippen LogP contribution in [0, 0.1) is 11.8 Å². The van der Waals surface area contributed by atoms with Crippen LogP contribution in [0.15, 0.2) is 0 Å². The van der Waals surface area contributed by atoms with Crippen LogP contribution in [0.3, 0.4) is 0 Å². The molecule has 1 N–H and O–H groups in total. The highest BCUT2D eigenvalue weighted by Crippen LogP contribution is 2.64. The van der Waals surface area contributed by atoms with Crippen molar-refractivity contribution >= 4 is 6.09 Å². The van der Waals surface area contributed by atoms with Crippen molar-refractivity contribution in [3.8, 4) is 0 Å². The Morgan fingerprint density at radius 2 is 2.13 bits per heavy atom. The van der Waals surface area contributed by atoms with Crippen LogP contribution in [0.5, 0.6) is 0 Å². The van der Waals surface area contributed by atoms with Crippen LogP contribution < -0.4 is 0 Å². The summed E-state index contributed by atoms with van der Waals surface area (Å²) in [7, 11) is 0. The summed E-state index contributed by atoms with van der Waals surface area (Å²) in [5, 5.41) is 9.82. The first-order chi connectivity index (χ1) is 6.90. The number of piperidine rings is 2. The molecule has 0 aromatic rings. The molecule has 0 aromatic heterocycles. The van der Waals surface area contributed by atoms with Crippen LogP contribution in [0.1, 0.15) is 27.2 Å². The number of amides is 1. The molecule has 15 heavy (non-hydrogen) atoms. The minimum Gasteiger partial charge on any atom is -0.444 e. The van der Waals surface area contributed by atoms with Crippen LogP contribution in [0.2, 0.25) is 0 Å². The van der Waals surface area contributed by atoms with Gasteiger partial charge in [0.25, 0.3) is 0 Å². The highest BCUT2D eigenvalue weighted by Gasteiger charge is 2.74. The molecular formula is C11H17NO3. The lowest BCUT2D eigenvalue weighted by molar-refractivity contribution is 0.0163. The average Bonchev–Trinajstić information content (AvgIpc) is 2.41. The number of ether oxygens (including phenoxy) is 1. The van der Waals surface area contributed by atoms with Gasteiger partial charge in [-0.15, -0.1) is 0 Å². The van der Waals surface area contributed by atoms with Crippen molar-refractivity contribution < 1.29 is 14.6 Å². The van der Waals surface area contributed by atoms with Crippen molar-refractivity contribution in [3.63, 3.8) is 0 Å². The van der Waals surface area contributed by atoms with E-state index in [4.69, 9.17) is 4.74 Å². The van der Waals surface area contributed by atoms with Crippen molar-refractivity contribution in [2.24, 2.45) is 11.8 Å². The minimum atomic E-state index is -0.445. The summed E-state index contributed by atoms with van der Waals surface area (Å²) in [6.45, 7) is 5.60. The van der Waals surface area contributed by atoms with E-state index < -0.39 is 5.60 Å². The molecule has 4 fully saturated rings. The molecule has 2 saturated heterocycles. The molecule has 2 saturated carbocycles. The van der Waals surface area contributed by atoms with Crippen molar-refractivity contribution in [1.82, 2.24) is 4.90 Å². The minimum absolute atomic E-state index is 0.0276. The first-order valence-corrected chi connectivity index (χ1v) is 5.59. The summed E-state index contributed by atoms with van der Waals surface area (Å²) in [6.07, 6.45) is 0.419. The van der Waals surface area contributed by atoms with Gasteiger partial charge in [0, 0.05) is 12.0 Å². The predicted octanol–water partition coefficient (Wildman–Crippen LogP) is 0.985. The van der Waals surface area contributed by atoms with E-state index in [2.05, 4.69) is 0 Å². The largest absolute Gasteiger partial charge is 0.444 e. The highest BCUT2D eigenvalue weighted by atomic mass is 16.6. The normalized spacial score (nSPS) is 45.9. The van der Waals surface area contributed by atoms with E-state index in [0.717, 1.165) is 6.42 Å². The zero-order chi connectivity index (χ0) is 11.0. The third-order valence-corrected chi connectivity index (χ3v) is 3.77. The molecule has 5 atom stereocenters. The Hall–Kier alpha value is -0.770. The van der Waals surface area contributed by atoms with Gasteiger partial charge in [-0.1, -0.05) is 0 Å². The molecule has 0 spiro atoms. The van der Waals surface area contributed by atoms with Crippen LogP contribution in [0.4, 0.5) is 4.79 Å². The second kappa shape index (κ2) is 2.48. The number of nitrogens with zero attached hydrogens (tertiary/aromatic N) is 1. The first-order valence-electron chi connectivity index (χ1n) is 5.59. The van der Waals surface area contributed by atoms with E-state index in [1.807, 2.05) is 20.8 Å². The van der Waals surface area contributed by atoms with Crippen molar-refractivity contribution in [1.29, 1.82) is 0 Å². The third-order valence-electron chi connectivity index (χ3n) is 3.77. The zero-order valence-electron chi connectivity index (χ0n) is 9.30. The fraction of sp³-hybridized carbons (Fsp3) is 0.909. The average molecular weight is 211 g/mol. The number of hydrogen-bond acceptors (Lipinski definition) is 3. The van der Waals surface area contributed by atoms with Crippen molar-refractivity contribution in [2.75, 3.05) is 0 Å². The molecule has 4 nitrogen and oxygen atoms in total. The van der Waals surface area contributed by atoms with Crippen molar-refractivity contribution in [2.45, 2.75) is 51.0 Å². The topological polar surface area (TPSA) is 49.8 Å². The highest BCUT2D eigenvalue weighted by molar-refractivity contribution is 5.72. The van der Waals surface area contributed by atoms with Gasteiger partial charge in [-0.25, -0.2) is 4.79 Å². The maximum atomic E-state index is 11.9. The van der Waals surface area contributed by atoms with Gasteiger partial charge < -0.3 is 9.84 Å². The SMILES string of the molecule is CC(C)(C)OC(=O)N1[C@H]2C3C[C@@H]1[C@@H](O)C32. The molecule has 2 aliphatic carbocycles. The quantitative estimate of drug-likeness (QED) is 0.650. The fourth-order valence-corrected chi connectivity index (χ4v) is 3.27. The Morgan fingerprint density at radius 3 is 2.47 bits per heavy atom. The molecule has 84 valence electrons. The van der Waals surface area contributed by atoms with Crippen LogP contribution in [-0.4, -0.2) is 39.9 Å². The lowest BCUT2D eigenvalue weighted by atomic mass is 10.2. The lowest BCUT2D eigenvalue weighted by Gasteiger charge is -2.27. The molecule has 4 heteroatoms. The van der Waals surface area contributed by atoms with E-state index in [1.165, 1.54) is 0 Å². The molecule has 1 amide bonds. The molecule has 2 aliphatic heterocycles. The van der Waals surface area contributed by atoms with Gasteiger partial charge in [0.15, 0.2) is 0 Å². The molecule has 4 bridgehead atoms. The van der Waals surface area contributed by atoms with Crippen LogP contribution in [-0.2, 0) is 4.74 Å². The maximum absolute atomic E-state index is 11.9. The van der Waals surface area contributed by atoms with Gasteiger partial charge in [0.2, 0.25) is 0 Å². The molecular weight excluding hydrogens is 194 g/mol. The van der Waals surface area contributed by atoms with Crippen molar-refractivity contribution in [3.05, 3.63) is 0 Å². The Morgan fingerprint density at radius 1 is 1.47 bits per heavy atom. The van der Waals surface area contributed by atoms with Crippen LogP contribution >= 0.6 is 0 Å². The number of hydrogen-bond donors (Lipinski definition) is 1. The number of aliphatic hydroxyl groups excluding tert-OH is 1.